The molecule has 3 fully saturated rings. The van der Waals surface area contributed by atoms with E-state index in [0.29, 0.717) is 12.1 Å². The van der Waals surface area contributed by atoms with Gasteiger partial charge in [0, 0.05) is 72.5 Å². The first-order chi connectivity index (χ1) is 18.8. The fourth-order valence-electron chi connectivity index (χ4n) is 6.76. The fraction of sp³-hybridized carbons (Fsp3) is 0.438. The summed E-state index contributed by atoms with van der Waals surface area (Å²) in [5.74, 6) is 1.99. The highest BCUT2D eigenvalue weighted by Crippen LogP contribution is 2.34. The highest BCUT2D eigenvalue weighted by molar-refractivity contribution is 5.94. The molecule has 3 aliphatic rings. The standard InChI is InChI=1S/C32H38N6/c1-3-13-25-23(11-1)29(37-17-7-8-18-37)21-31(33-25)35-27-15-5-6-16-28(27)36-32-22-30(38-19-9-10-20-38)24-12-2-4-14-26(24)34-32/h1-4,11-14,21-22,27-28H,5-10,15-20H2,(H,33,35)(H,34,36)/t27-,28?/m1/s1. The summed E-state index contributed by atoms with van der Waals surface area (Å²) >= 11 is 0. The molecule has 2 aromatic carbocycles. The van der Waals surface area contributed by atoms with Crippen LogP contribution in [0.2, 0.25) is 0 Å². The quantitative estimate of drug-likeness (QED) is 0.299. The number of para-hydroxylation sites is 2. The molecule has 6 nitrogen and oxygen atoms in total. The molecule has 0 spiro atoms. The van der Waals surface area contributed by atoms with Crippen molar-refractivity contribution < 1.29 is 0 Å². The number of rotatable bonds is 6. The second kappa shape index (κ2) is 10.3. The molecule has 0 radical (unpaired) electrons. The third-order valence-electron chi connectivity index (χ3n) is 8.71. The van der Waals surface area contributed by atoms with Gasteiger partial charge in [-0.3, -0.25) is 0 Å². The highest BCUT2D eigenvalue weighted by Gasteiger charge is 2.27. The molecule has 2 saturated heterocycles. The number of fused-ring (bicyclic) bond motifs is 2. The van der Waals surface area contributed by atoms with Gasteiger partial charge in [0.1, 0.15) is 11.6 Å². The molecule has 7 rings (SSSR count). The van der Waals surface area contributed by atoms with Crippen LogP contribution in [0, 0.1) is 0 Å². The lowest BCUT2D eigenvalue weighted by Gasteiger charge is -2.34. The van der Waals surface area contributed by atoms with Crippen molar-refractivity contribution in [3.8, 4) is 0 Å². The summed E-state index contributed by atoms with van der Waals surface area (Å²) in [6, 6.07) is 22.4. The molecule has 2 aliphatic heterocycles. The molecule has 0 bridgehead atoms. The molecule has 38 heavy (non-hydrogen) atoms. The molecule has 1 unspecified atom stereocenters. The van der Waals surface area contributed by atoms with Crippen LogP contribution in [0.25, 0.3) is 21.8 Å². The van der Waals surface area contributed by atoms with Crippen molar-refractivity contribution in [1.82, 2.24) is 9.97 Å². The Bertz CT molecular complexity index is 1310. The zero-order valence-electron chi connectivity index (χ0n) is 22.2. The van der Waals surface area contributed by atoms with Crippen LogP contribution in [0.1, 0.15) is 51.4 Å². The average molecular weight is 507 g/mol. The van der Waals surface area contributed by atoms with Crippen LogP contribution in [0.4, 0.5) is 23.0 Å². The zero-order chi connectivity index (χ0) is 25.3. The first-order valence-electron chi connectivity index (χ1n) is 14.6. The maximum absolute atomic E-state index is 5.06. The molecular formula is C32H38N6. The van der Waals surface area contributed by atoms with E-state index in [1.165, 1.54) is 60.7 Å². The predicted octanol–water partition coefficient (Wildman–Crippen LogP) is 6.82. The van der Waals surface area contributed by atoms with Crippen molar-refractivity contribution >= 4 is 44.8 Å². The second-order valence-corrected chi connectivity index (χ2v) is 11.3. The Hall–Kier alpha value is -3.54. The van der Waals surface area contributed by atoms with Gasteiger partial charge in [0.15, 0.2) is 0 Å². The van der Waals surface area contributed by atoms with Gasteiger partial charge in [-0.1, -0.05) is 49.2 Å². The van der Waals surface area contributed by atoms with Gasteiger partial charge in [0.25, 0.3) is 0 Å². The van der Waals surface area contributed by atoms with Crippen LogP contribution >= 0.6 is 0 Å². The SMILES string of the molecule is c1ccc2c(N3CCCC3)cc(NC3CCCC[C@H]3Nc3cc(N4CCCC4)c4ccccc4n3)nc2c1. The zero-order valence-corrected chi connectivity index (χ0v) is 22.2. The van der Waals surface area contributed by atoms with E-state index in [1.807, 2.05) is 0 Å². The van der Waals surface area contributed by atoms with E-state index in [4.69, 9.17) is 9.97 Å². The first-order valence-corrected chi connectivity index (χ1v) is 14.6. The molecule has 1 aliphatic carbocycles. The maximum atomic E-state index is 5.06. The molecule has 2 aromatic heterocycles. The van der Waals surface area contributed by atoms with Crippen molar-refractivity contribution in [3.05, 3.63) is 60.7 Å². The Balaban J connectivity index is 1.18. The van der Waals surface area contributed by atoms with Crippen molar-refractivity contribution in [3.63, 3.8) is 0 Å². The minimum Gasteiger partial charge on any atom is -0.371 e. The van der Waals surface area contributed by atoms with Crippen LogP contribution in [-0.4, -0.2) is 48.2 Å². The predicted molar refractivity (Wildman–Crippen MR) is 160 cm³/mol. The van der Waals surface area contributed by atoms with E-state index in [0.717, 1.165) is 61.7 Å². The minimum absolute atomic E-state index is 0.312. The normalized spacial score (nSPS) is 21.9. The van der Waals surface area contributed by atoms with Gasteiger partial charge >= 0.3 is 0 Å². The second-order valence-electron chi connectivity index (χ2n) is 11.3. The summed E-state index contributed by atoms with van der Waals surface area (Å²) in [4.78, 5) is 15.2. The van der Waals surface area contributed by atoms with Crippen molar-refractivity contribution in [2.45, 2.75) is 63.5 Å². The van der Waals surface area contributed by atoms with Crippen LogP contribution in [-0.2, 0) is 0 Å². The molecule has 2 atom stereocenters. The Kier molecular flexibility index (Phi) is 6.40. The molecule has 1 saturated carbocycles. The number of hydrogen-bond acceptors (Lipinski definition) is 6. The van der Waals surface area contributed by atoms with Gasteiger partial charge in [-0.25, -0.2) is 9.97 Å². The molecule has 196 valence electrons. The van der Waals surface area contributed by atoms with Crippen molar-refractivity contribution in [2.75, 3.05) is 46.6 Å². The summed E-state index contributed by atoms with van der Waals surface area (Å²) in [5, 5.41) is 10.3. The van der Waals surface area contributed by atoms with Gasteiger partial charge in [0.05, 0.1) is 11.0 Å². The lowest BCUT2D eigenvalue weighted by molar-refractivity contribution is 0.422. The first kappa shape index (κ1) is 23.6. The van der Waals surface area contributed by atoms with Crippen LogP contribution in [0.5, 0.6) is 0 Å². The van der Waals surface area contributed by atoms with Gasteiger partial charge in [0.2, 0.25) is 0 Å². The largest absolute Gasteiger partial charge is 0.371 e. The van der Waals surface area contributed by atoms with E-state index in [2.05, 4.69) is 81.1 Å². The van der Waals surface area contributed by atoms with E-state index in [9.17, 15) is 0 Å². The summed E-state index contributed by atoms with van der Waals surface area (Å²) in [6.45, 7) is 4.53. The minimum atomic E-state index is 0.312. The van der Waals surface area contributed by atoms with E-state index < -0.39 is 0 Å². The number of nitrogens with zero attached hydrogens (tertiary/aromatic N) is 4. The fourth-order valence-corrected chi connectivity index (χ4v) is 6.76. The Labute approximate surface area is 225 Å². The summed E-state index contributed by atoms with van der Waals surface area (Å²) in [6.07, 6.45) is 9.84. The van der Waals surface area contributed by atoms with Crippen LogP contribution < -0.4 is 20.4 Å². The number of nitrogens with one attached hydrogen (secondary N) is 2. The van der Waals surface area contributed by atoms with E-state index >= 15 is 0 Å². The monoisotopic (exact) mass is 506 g/mol. The summed E-state index contributed by atoms with van der Waals surface area (Å²) in [7, 11) is 0. The number of anilines is 4. The molecular weight excluding hydrogens is 468 g/mol. The van der Waals surface area contributed by atoms with Gasteiger partial charge < -0.3 is 20.4 Å². The number of hydrogen-bond donors (Lipinski definition) is 2. The van der Waals surface area contributed by atoms with Crippen molar-refractivity contribution in [2.24, 2.45) is 0 Å². The lowest BCUT2D eigenvalue weighted by atomic mass is 9.90. The Morgan fingerprint density at radius 2 is 0.974 bits per heavy atom. The molecule has 4 aromatic rings. The Morgan fingerprint density at radius 3 is 1.42 bits per heavy atom. The smallest absolute Gasteiger partial charge is 0.129 e. The number of benzene rings is 2. The summed E-state index contributed by atoms with van der Waals surface area (Å²) < 4.78 is 0. The lowest BCUT2D eigenvalue weighted by Crippen LogP contribution is -2.42. The average Bonchev–Trinajstić information content (AvgIpc) is 3.69. The van der Waals surface area contributed by atoms with E-state index in [-0.39, 0.29) is 0 Å². The Morgan fingerprint density at radius 1 is 0.553 bits per heavy atom. The molecule has 2 N–H and O–H groups in total. The molecule has 4 heterocycles. The summed E-state index contributed by atoms with van der Waals surface area (Å²) in [5.41, 5.74) is 4.79. The number of aromatic nitrogens is 2. The topological polar surface area (TPSA) is 56.3 Å². The van der Waals surface area contributed by atoms with Gasteiger partial charge in [-0.15, -0.1) is 0 Å². The van der Waals surface area contributed by atoms with Gasteiger partial charge in [-0.2, -0.15) is 0 Å². The molecule has 6 heteroatoms. The number of pyridine rings is 2. The van der Waals surface area contributed by atoms with Crippen LogP contribution in [0.3, 0.4) is 0 Å². The van der Waals surface area contributed by atoms with Gasteiger partial charge in [-0.05, 0) is 50.7 Å². The van der Waals surface area contributed by atoms with Crippen molar-refractivity contribution in [1.29, 1.82) is 0 Å². The highest BCUT2D eigenvalue weighted by atomic mass is 15.2. The maximum Gasteiger partial charge on any atom is 0.129 e. The third kappa shape index (κ3) is 4.61. The van der Waals surface area contributed by atoms with Crippen LogP contribution in [0.15, 0.2) is 60.7 Å². The third-order valence-corrected chi connectivity index (χ3v) is 8.71. The molecule has 0 amide bonds. The van der Waals surface area contributed by atoms with E-state index in [1.54, 1.807) is 0 Å².